The number of pyridine rings is 1. The number of carbonyl (C=O) groups is 1. The Bertz CT molecular complexity index is 1170. The highest BCUT2D eigenvalue weighted by Crippen LogP contribution is 2.24. The number of nitrogens with one attached hydrogen (secondary N) is 1. The molecule has 178 valence electrons. The maximum absolute atomic E-state index is 12.7. The van der Waals surface area contributed by atoms with Gasteiger partial charge in [-0.25, -0.2) is 0 Å². The number of rotatable bonds is 9. The normalized spacial score (nSPS) is 14.9. The molecule has 4 rings (SSSR count). The third-order valence-corrected chi connectivity index (χ3v) is 6.37. The number of benzene rings is 2. The van der Waals surface area contributed by atoms with Crippen LogP contribution in [0.5, 0.6) is 0 Å². The number of carbonyl (C=O) groups excluding carboxylic acids is 1. The molecular weight excluding hydrogens is 439 g/mol. The van der Waals surface area contributed by atoms with Gasteiger partial charge in [0.25, 0.3) is 0 Å². The van der Waals surface area contributed by atoms with Gasteiger partial charge in [0.2, 0.25) is 5.91 Å². The molecule has 1 amide bonds. The third kappa shape index (κ3) is 6.77. The Balaban J connectivity index is 1.36. The van der Waals surface area contributed by atoms with Crippen molar-refractivity contribution in [3.63, 3.8) is 0 Å². The molecule has 1 aromatic heterocycles. The van der Waals surface area contributed by atoms with E-state index in [1.165, 1.54) is 5.56 Å². The fraction of sp³-hybridized carbons (Fsp3) is 0.296. The molecule has 0 spiro atoms. The highest BCUT2D eigenvalue weighted by molar-refractivity contribution is 6.43. The number of amides is 1. The van der Waals surface area contributed by atoms with Crippen molar-refractivity contribution in [2.24, 2.45) is 0 Å². The van der Waals surface area contributed by atoms with E-state index in [0.29, 0.717) is 19.4 Å². The van der Waals surface area contributed by atoms with Crippen molar-refractivity contribution in [2.75, 3.05) is 13.1 Å². The van der Waals surface area contributed by atoms with Crippen LogP contribution in [-0.2, 0) is 30.6 Å². The van der Waals surface area contributed by atoms with Crippen molar-refractivity contribution in [1.29, 1.82) is 5.26 Å². The van der Waals surface area contributed by atoms with E-state index in [1.54, 1.807) is 6.20 Å². The molecule has 1 aliphatic heterocycles. The number of hydrogen-bond donors (Lipinski definition) is 3. The van der Waals surface area contributed by atoms with E-state index < -0.39 is 13.1 Å². The molecule has 2 heterocycles. The molecule has 7 nitrogen and oxygen atoms in total. The third-order valence-electron chi connectivity index (χ3n) is 6.37. The zero-order valence-corrected chi connectivity index (χ0v) is 19.5. The summed E-state index contributed by atoms with van der Waals surface area (Å²) in [7, 11) is -1.64. The highest BCUT2D eigenvalue weighted by Gasteiger charge is 2.27. The number of nitriles is 1. The lowest BCUT2D eigenvalue weighted by molar-refractivity contribution is -0.122. The van der Waals surface area contributed by atoms with Gasteiger partial charge in [0.15, 0.2) is 0 Å². The molecule has 8 heteroatoms. The minimum atomic E-state index is -1.64. The second-order valence-electron chi connectivity index (χ2n) is 8.98. The first-order valence-electron chi connectivity index (χ1n) is 11.8. The van der Waals surface area contributed by atoms with Gasteiger partial charge in [-0.2, -0.15) is 5.26 Å². The van der Waals surface area contributed by atoms with Gasteiger partial charge in [-0.3, -0.25) is 14.7 Å². The van der Waals surface area contributed by atoms with Crippen LogP contribution in [0, 0.1) is 11.3 Å². The summed E-state index contributed by atoms with van der Waals surface area (Å²) in [4.78, 5) is 19.1. The van der Waals surface area contributed by atoms with Gasteiger partial charge in [0, 0.05) is 19.3 Å². The molecule has 1 unspecified atom stereocenters. The van der Waals surface area contributed by atoms with Crippen LogP contribution in [0.2, 0.25) is 0 Å². The van der Waals surface area contributed by atoms with Gasteiger partial charge >= 0.3 is 7.12 Å². The van der Waals surface area contributed by atoms with E-state index in [2.05, 4.69) is 39.5 Å². The van der Waals surface area contributed by atoms with Crippen molar-refractivity contribution in [3.05, 3.63) is 101 Å². The van der Waals surface area contributed by atoms with E-state index in [-0.39, 0.29) is 18.4 Å². The summed E-state index contributed by atoms with van der Waals surface area (Å²) in [5, 5.41) is 31.9. The smallest absolute Gasteiger partial charge is 0.426 e. The summed E-state index contributed by atoms with van der Waals surface area (Å²) in [5.41, 5.74) is 5.17. The van der Waals surface area contributed by atoms with Crippen molar-refractivity contribution < 1.29 is 14.8 Å². The summed E-state index contributed by atoms with van der Waals surface area (Å²) in [6.07, 6.45) is 3.46. The molecule has 3 aromatic rings. The molecule has 1 aliphatic rings. The van der Waals surface area contributed by atoms with Crippen LogP contribution in [-0.4, -0.2) is 52.0 Å². The van der Waals surface area contributed by atoms with E-state index in [1.807, 2.05) is 48.5 Å². The SMILES string of the molecule is N#CC(Cc1ccc2c(c1)CN(CC(=O)N[C@@H](Cc1ccccc1)B(O)O)CC2)c1ccccn1. The van der Waals surface area contributed by atoms with Crippen LogP contribution in [0.4, 0.5) is 0 Å². The average molecular weight is 468 g/mol. The predicted molar refractivity (Wildman–Crippen MR) is 134 cm³/mol. The standard InChI is InChI=1S/C27H29BN4O3/c29-17-23(25-8-4-5-12-30-25)14-21-9-10-22-11-13-32(18-24(22)15-21)19-27(33)31-26(28(34)35)16-20-6-2-1-3-7-20/h1-10,12,15,23,26,34-35H,11,13-14,16,18-19H2,(H,31,33)/t23?,26-/m0/s1. The van der Waals surface area contributed by atoms with E-state index in [9.17, 15) is 20.1 Å². The van der Waals surface area contributed by atoms with Crippen LogP contribution in [0.1, 0.15) is 33.9 Å². The molecule has 35 heavy (non-hydrogen) atoms. The Morgan fingerprint density at radius 3 is 2.57 bits per heavy atom. The second kappa shape index (κ2) is 11.8. The quantitative estimate of drug-likeness (QED) is 0.415. The monoisotopic (exact) mass is 468 g/mol. The van der Waals surface area contributed by atoms with Crippen LogP contribution < -0.4 is 5.32 Å². The van der Waals surface area contributed by atoms with Crippen molar-refractivity contribution in [2.45, 2.75) is 37.7 Å². The van der Waals surface area contributed by atoms with E-state index in [4.69, 9.17) is 0 Å². The Morgan fingerprint density at radius 2 is 1.86 bits per heavy atom. The van der Waals surface area contributed by atoms with E-state index >= 15 is 0 Å². The maximum atomic E-state index is 12.7. The summed E-state index contributed by atoms with van der Waals surface area (Å²) < 4.78 is 0. The van der Waals surface area contributed by atoms with Crippen molar-refractivity contribution in [1.82, 2.24) is 15.2 Å². The summed E-state index contributed by atoms with van der Waals surface area (Å²) in [5.74, 6) is -1.33. The lowest BCUT2D eigenvalue weighted by Gasteiger charge is -2.29. The van der Waals surface area contributed by atoms with Crippen molar-refractivity contribution >= 4 is 13.0 Å². The molecule has 0 saturated carbocycles. The van der Waals surface area contributed by atoms with Crippen LogP contribution in [0.3, 0.4) is 0 Å². The number of hydrogen-bond acceptors (Lipinski definition) is 6. The molecule has 0 aliphatic carbocycles. The average Bonchev–Trinajstić information content (AvgIpc) is 2.87. The molecular formula is C27H29BN4O3. The van der Waals surface area contributed by atoms with E-state index in [0.717, 1.165) is 35.3 Å². The van der Waals surface area contributed by atoms with Crippen molar-refractivity contribution in [3.8, 4) is 6.07 Å². The molecule has 3 N–H and O–H groups in total. The Kier molecular flexibility index (Phi) is 8.27. The Hall–Kier alpha value is -3.51. The Labute approximate surface area is 206 Å². The number of fused-ring (bicyclic) bond motifs is 1. The minimum Gasteiger partial charge on any atom is -0.426 e. The van der Waals surface area contributed by atoms with Crippen LogP contribution >= 0.6 is 0 Å². The molecule has 0 fully saturated rings. The zero-order valence-electron chi connectivity index (χ0n) is 19.5. The fourth-order valence-electron chi connectivity index (χ4n) is 4.52. The predicted octanol–water partition coefficient (Wildman–Crippen LogP) is 2.03. The van der Waals surface area contributed by atoms with Gasteiger partial charge < -0.3 is 15.4 Å². The summed E-state index contributed by atoms with van der Waals surface area (Å²) in [6.45, 7) is 1.55. The van der Waals surface area contributed by atoms with Gasteiger partial charge in [0.1, 0.15) is 0 Å². The lowest BCUT2D eigenvalue weighted by Crippen LogP contribution is -2.51. The topological polar surface area (TPSA) is 109 Å². The largest absolute Gasteiger partial charge is 0.475 e. The molecule has 2 aromatic carbocycles. The molecule has 2 atom stereocenters. The first-order chi connectivity index (χ1) is 17.0. The summed E-state index contributed by atoms with van der Waals surface area (Å²) in [6, 6.07) is 23.7. The Morgan fingerprint density at radius 1 is 1.06 bits per heavy atom. The highest BCUT2D eigenvalue weighted by atomic mass is 16.4. The number of aromatic nitrogens is 1. The summed E-state index contributed by atoms with van der Waals surface area (Å²) >= 11 is 0. The first kappa shape index (κ1) is 24.6. The van der Waals surface area contributed by atoms with Gasteiger partial charge in [-0.1, -0.05) is 54.6 Å². The zero-order chi connectivity index (χ0) is 24.6. The molecule has 0 saturated heterocycles. The maximum Gasteiger partial charge on any atom is 0.475 e. The fourth-order valence-corrected chi connectivity index (χ4v) is 4.52. The second-order valence-corrected chi connectivity index (χ2v) is 8.98. The lowest BCUT2D eigenvalue weighted by atomic mass is 9.76. The van der Waals surface area contributed by atoms with Crippen LogP contribution in [0.25, 0.3) is 0 Å². The molecule has 0 bridgehead atoms. The van der Waals surface area contributed by atoms with Crippen LogP contribution in [0.15, 0.2) is 72.9 Å². The molecule has 0 radical (unpaired) electrons. The van der Waals surface area contributed by atoms with Gasteiger partial charge in [-0.05, 0) is 53.6 Å². The first-order valence-corrected chi connectivity index (χ1v) is 11.8. The minimum absolute atomic E-state index is 0.177. The van der Waals surface area contributed by atoms with Gasteiger partial charge in [0.05, 0.1) is 30.2 Å². The number of nitrogens with zero attached hydrogens (tertiary/aromatic N) is 3. The van der Waals surface area contributed by atoms with Gasteiger partial charge in [-0.15, -0.1) is 0 Å².